The van der Waals surface area contributed by atoms with Gasteiger partial charge in [-0.05, 0) is 30.7 Å². The van der Waals surface area contributed by atoms with Crippen LogP contribution in [-0.4, -0.2) is 33.8 Å². The second-order valence-corrected chi connectivity index (χ2v) is 5.64. The van der Waals surface area contributed by atoms with Crippen LogP contribution in [-0.2, 0) is 0 Å². The van der Waals surface area contributed by atoms with Crippen LogP contribution >= 0.6 is 0 Å². The summed E-state index contributed by atoms with van der Waals surface area (Å²) in [5.74, 6) is 1.78. The Morgan fingerprint density at radius 1 is 1.26 bits per heavy atom. The highest BCUT2D eigenvalue weighted by molar-refractivity contribution is 5.67. The van der Waals surface area contributed by atoms with Crippen LogP contribution in [0.4, 0.5) is 5.69 Å². The first-order chi connectivity index (χ1) is 13.0. The fraction of sp³-hybridized carbons (Fsp3) is 0.222. The van der Waals surface area contributed by atoms with Crippen LogP contribution in [0, 0.1) is 10.1 Å². The number of rotatable bonds is 7. The largest absolute Gasteiger partial charge is 0.493 e. The fourth-order valence-corrected chi connectivity index (χ4v) is 2.67. The Morgan fingerprint density at radius 2 is 2.04 bits per heavy atom. The number of para-hydroxylation sites is 1. The van der Waals surface area contributed by atoms with Gasteiger partial charge in [0.05, 0.1) is 30.2 Å². The molecule has 1 atom stereocenters. The molecular formula is C18H19N5O4. The third-order valence-corrected chi connectivity index (χ3v) is 3.99. The van der Waals surface area contributed by atoms with Crippen molar-refractivity contribution in [3.8, 4) is 22.9 Å². The Balaban J connectivity index is 1.92. The van der Waals surface area contributed by atoms with Crippen molar-refractivity contribution in [2.75, 3.05) is 13.7 Å². The minimum Gasteiger partial charge on any atom is -0.493 e. The van der Waals surface area contributed by atoms with Gasteiger partial charge >= 0.3 is 0 Å². The minimum absolute atomic E-state index is 0.0700. The molecule has 140 valence electrons. The van der Waals surface area contributed by atoms with Gasteiger partial charge in [-0.25, -0.2) is 4.98 Å². The molecule has 0 aliphatic carbocycles. The molecule has 0 amide bonds. The predicted molar refractivity (Wildman–Crippen MR) is 98.7 cm³/mol. The fourth-order valence-electron chi connectivity index (χ4n) is 2.67. The zero-order valence-corrected chi connectivity index (χ0v) is 14.9. The molecule has 0 fully saturated rings. The van der Waals surface area contributed by atoms with E-state index in [0.717, 1.165) is 5.56 Å². The highest BCUT2D eigenvalue weighted by Crippen LogP contribution is 2.32. The Labute approximate surface area is 155 Å². The van der Waals surface area contributed by atoms with E-state index in [-0.39, 0.29) is 11.5 Å². The summed E-state index contributed by atoms with van der Waals surface area (Å²) in [5.41, 5.74) is 7.28. The van der Waals surface area contributed by atoms with E-state index in [1.165, 1.54) is 6.07 Å². The number of aromatic nitrogens is 3. The zero-order chi connectivity index (χ0) is 19.4. The van der Waals surface area contributed by atoms with E-state index in [2.05, 4.69) is 15.2 Å². The molecule has 3 rings (SSSR count). The van der Waals surface area contributed by atoms with E-state index in [4.69, 9.17) is 15.2 Å². The summed E-state index contributed by atoms with van der Waals surface area (Å²) in [6.07, 6.45) is 0. The van der Waals surface area contributed by atoms with E-state index >= 15 is 0 Å². The first-order valence-electron chi connectivity index (χ1n) is 8.27. The van der Waals surface area contributed by atoms with Gasteiger partial charge in [0.25, 0.3) is 5.69 Å². The van der Waals surface area contributed by atoms with Gasteiger partial charge in [0.2, 0.25) is 0 Å². The quantitative estimate of drug-likeness (QED) is 0.484. The standard InChI is InChI=1S/C18H19N5O4/c1-3-27-14-9-8-11(10-15(14)26-2)16(19)18-20-17(21-22-18)12-6-4-5-7-13(12)23(24)25/h4-10,16H,3,19H2,1-2H3,(H,20,21,22)/t16-/m1/s1. The van der Waals surface area contributed by atoms with Crippen LogP contribution in [0.25, 0.3) is 11.4 Å². The third-order valence-electron chi connectivity index (χ3n) is 3.99. The average Bonchev–Trinajstić information content (AvgIpc) is 3.18. The SMILES string of the molecule is CCOc1ccc([C@@H](N)c2nc(-c3ccccc3[N+](=O)[O-])n[nH]2)cc1OC. The number of aromatic amines is 1. The Hall–Kier alpha value is -3.46. The van der Waals surface area contributed by atoms with Crippen molar-refractivity contribution >= 4 is 5.69 Å². The van der Waals surface area contributed by atoms with E-state index in [0.29, 0.717) is 29.5 Å². The van der Waals surface area contributed by atoms with Gasteiger partial charge in [0.15, 0.2) is 17.3 Å². The Bertz CT molecular complexity index is 956. The molecule has 1 heterocycles. The second-order valence-electron chi connectivity index (χ2n) is 5.64. The lowest BCUT2D eigenvalue weighted by molar-refractivity contribution is -0.384. The number of nitrogens with two attached hydrogens (primary N) is 1. The maximum Gasteiger partial charge on any atom is 0.280 e. The minimum atomic E-state index is -0.612. The molecule has 0 saturated carbocycles. The molecule has 0 unspecified atom stereocenters. The van der Waals surface area contributed by atoms with E-state index in [1.54, 1.807) is 37.4 Å². The first-order valence-corrected chi connectivity index (χ1v) is 8.27. The zero-order valence-electron chi connectivity index (χ0n) is 14.9. The molecule has 9 nitrogen and oxygen atoms in total. The lowest BCUT2D eigenvalue weighted by Crippen LogP contribution is -2.14. The number of H-pyrrole nitrogens is 1. The van der Waals surface area contributed by atoms with Crippen molar-refractivity contribution in [3.05, 3.63) is 64.0 Å². The monoisotopic (exact) mass is 369 g/mol. The van der Waals surface area contributed by atoms with Crippen LogP contribution in [0.15, 0.2) is 42.5 Å². The molecule has 0 radical (unpaired) electrons. The lowest BCUT2D eigenvalue weighted by atomic mass is 10.1. The maximum absolute atomic E-state index is 11.2. The number of nitrogens with zero attached hydrogens (tertiary/aromatic N) is 3. The molecule has 3 N–H and O–H groups in total. The van der Waals surface area contributed by atoms with Gasteiger partial charge in [0.1, 0.15) is 5.82 Å². The molecule has 0 saturated heterocycles. The van der Waals surface area contributed by atoms with Gasteiger partial charge in [-0.3, -0.25) is 15.2 Å². The van der Waals surface area contributed by atoms with Crippen molar-refractivity contribution in [1.82, 2.24) is 15.2 Å². The maximum atomic E-state index is 11.2. The van der Waals surface area contributed by atoms with Gasteiger partial charge in [0, 0.05) is 6.07 Å². The molecule has 0 bridgehead atoms. The Kier molecular flexibility index (Phi) is 5.32. The Morgan fingerprint density at radius 3 is 2.74 bits per heavy atom. The van der Waals surface area contributed by atoms with Crippen LogP contribution in [0.2, 0.25) is 0 Å². The highest BCUT2D eigenvalue weighted by atomic mass is 16.6. The van der Waals surface area contributed by atoms with Gasteiger partial charge in [-0.2, -0.15) is 5.10 Å². The number of nitro benzene ring substituents is 1. The molecule has 27 heavy (non-hydrogen) atoms. The van der Waals surface area contributed by atoms with Crippen molar-refractivity contribution in [1.29, 1.82) is 0 Å². The van der Waals surface area contributed by atoms with E-state index in [9.17, 15) is 10.1 Å². The molecule has 0 spiro atoms. The van der Waals surface area contributed by atoms with Crippen molar-refractivity contribution < 1.29 is 14.4 Å². The molecule has 2 aromatic carbocycles. The number of hydrogen-bond acceptors (Lipinski definition) is 7. The second kappa shape index (κ2) is 7.83. The molecular weight excluding hydrogens is 350 g/mol. The summed E-state index contributed by atoms with van der Waals surface area (Å²) in [7, 11) is 1.55. The van der Waals surface area contributed by atoms with Crippen LogP contribution in [0.1, 0.15) is 24.4 Å². The number of methoxy groups -OCH3 is 1. The van der Waals surface area contributed by atoms with Gasteiger partial charge < -0.3 is 15.2 Å². The number of hydrogen-bond donors (Lipinski definition) is 2. The molecule has 0 aliphatic heterocycles. The molecule has 1 aromatic heterocycles. The normalized spacial score (nSPS) is 11.8. The van der Waals surface area contributed by atoms with Crippen LogP contribution < -0.4 is 15.2 Å². The number of nitro groups is 1. The smallest absolute Gasteiger partial charge is 0.280 e. The third kappa shape index (κ3) is 3.72. The summed E-state index contributed by atoms with van der Waals surface area (Å²) in [6.45, 7) is 2.40. The van der Waals surface area contributed by atoms with E-state index < -0.39 is 11.0 Å². The highest BCUT2D eigenvalue weighted by Gasteiger charge is 2.21. The summed E-state index contributed by atoms with van der Waals surface area (Å²) >= 11 is 0. The molecule has 3 aromatic rings. The average molecular weight is 369 g/mol. The summed E-state index contributed by atoms with van der Waals surface area (Å²) < 4.78 is 10.8. The summed E-state index contributed by atoms with van der Waals surface area (Å²) in [6, 6.07) is 11.0. The number of ether oxygens (including phenoxy) is 2. The van der Waals surface area contributed by atoms with Crippen molar-refractivity contribution in [2.45, 2.75) is 13.0 Å². The van der Waals surface area contributed by atoms with Crippen LogP contribution in [0.5, 0.6) is 11.5 Å². The van der Waals surface area contributed by atoms with Crippen LogP contribution in [0.3, 0.4) is 0 Å². The predicted octanol–water partition coefficient (Wildman–Crippen LogP) is 2.84. The van der Waals surface area contributed by atoms with Gasteiger partial charge in [-0.1, -0.05) is 18.2 Å². The lowest BCUT2D eigenvalue weighted by Gasteiger charge is -2.13. The topological polar surface area (TPSA) is 129 Å². The van der Waals surface area contributed by atoms with Crippen molar-refractivity contribution in [3.63, 3.8) is 0 Å². The van der Waals surface area contributed by atoms with Crippen molar-refractivity contribution in [2.24, 2.45) is 5.73 Å². The first kappa shape index (κ1) is 18.3. The van der Waals surface area contributed by atoms with E-state index in [1.807, 2.05) is 13.0 Å². The molecule has 9 heteroatoms. The van der Waals surface area contributed by atoms with Gasteiger partial charge in [-0.15, -0.1) is 0 Å². The summed E-state index contributed by atoms with van der Waals surface area (Å²) in [4.78, 5) is 15.1. The number of nitrogens with one attached hydrogen (secondary N) is 1. The number of benzene rings is 2. The summed E-state index contributed by atoms with van der Waals surface area (Å²) in [5, 5.41) is 18.1. The molecule has 0 aliphatic rings.